The van der Waals surface area contributed by atoms with E-state index in [1.807, 2.05) is 19.0 Å². The Hall–Kier alpha value is -2.81. The topological polar surface area (TPSA) is 75.9 Å². The number of benzene rings is 1. The Bertz CT molecular complexity index is 827. The summed E-state index contributed by atoms with van der Waals surface area (Å²) in [4.78, 5) is 25.6. The number of carbonyl (C=O) groups excluding carboxylic acids is 1. The van der Waals surface area contributed by atoms with Crippen molar-refractivity contribution in [2.75, 3.05) is 45.1 Å². The van der Waals surface area contributed by atoms with Crippen LogP contribution >= 0.6 is 0 Å². The van der Waals surface area contributed by atoms with Crippen LogP contribution in [0.2, 0.25) is 0 Å². The number of fused-ring (bicyclic) bond motifs is 1. The number of nitrogens with one attached hydrogen (secondary N) is 1. The number of amidine groups is 1. The fourth-order valence-electron chi connectivity index (χ4n) is 3.88. The molecule has 9 heteroatoms. The number of rotatable bonds is 3. The van der Waals surface area contributed by atoms with Crippen LogP contribution in [0.5, 0.6) is 0 Å². The third-order valence-electron chi connectivity index (χ3n) is 5.32. The van der Waals surface area contributed by atoms with Crippen molar-refractivity contribution in [1.29, 1.82) is 0 Å². The lowest BCUT2D eigenvalue weighted by atomic mass is 10.0. The minimum atomic E-state index is -0.319. The first-order chi connectivity index (χ1) is 13.5. The highest BCUT2D eigenvalue weighted by Gasteiger charge is 2.41. The normalized spacial score (nSPS) is 24.7. The van der Waals surface area contributed by atoms with E-state index in [0.717, 1.165) is 37.7 Å². The smallest absolute Gasteiger partial charge is 0.238 e. The highest BCUT2D eigenvalue weighted by atomic mass is 19.1. The first kappa shape index (κ1) is 18.5. The third-order valence-corrected chi connectivity index (χ3v) is 5.32. The molecule has 1 aromatic rings. The van der Waals surface area contributed by atoms with Crippen LogP contribution in [-0.2, 0) is 4.79 Å². The van der Waals surface area contributed by atoms with Crippen LogP contribution in [0.25, 0.3) is 0 Å². The summed E-state index contributed by atoms with van der Waals surface area (Å²) in [5.74, 6) is 0.584. The van der Waals surface area contributed by atoms with Crippen LogP contribution in [0.3, 0.4) is 0 Å². The van der Waals surface area contributed by atoms with E-state index in [1.54, 1.807) is 18.5 Å². The van der Waals surface area contributed by atoms with Gasteiger partial charge < -0.3 is 10.2 Å². The standard InChI is InChI=1S/C19H24FN7O/c1-13-17-18(25(2)24-13)19(22-12-21-17)27-9-7-26(8-10-27)11-16(28)23-15-5-3-14(20)4-6-15/h3-6,12,17-18H,7-11H2,1-2H3,(H,23,28). The van der Waals surface area contributed by atoms with Crippen LogP contribution in [-0.4, -0.2) is 90.5 Å². The van der Waals surface area contributed by atoms with Crippen LogP contribution in [0.15, 0.2) is 39.4 Å². The van der Waals surface area contributed by atoms with E-state index in [1.165, 1.54) is 12.1 Å². The quantitative estimate of drug-likeness (QED) is 0.838. The lowest BCUT2D eigenvalue weighted by Crippen LogP contribution is -2.57. The summed E-state index contributed by atoms with van der Waals surface area (Å²) in [6, 6.07) is 5.89. The van der Waals surface area contributed by atoms with Crippen LogP contribution in [0.4, 0.5) is 10.1 Å². The number of piperazine rings is 1. The second kappa shape index (κ2) is 7.67. The zero-order chi connectivity index (χ0) is 19.7. The molecule has 8 nitrogen and oxygen atoms in total. The number of carbonyl (C=O) groups is 1. The number of amides is 1. The Balaban J connectivity index is 1.30. The van der Waals surface area contributed by atoms with Crippen molar-refractivity contribution < 1.29 is 9.18 Å². The second-order valence-corrected chi connectivity index (χ2v) is 7.27. The molecule has 0 radical (unpaired) electrons. The molecule has 2 unspecified atom stereocenters. The molecule has 3 aliphatic rings. The number of aliphatic imine (C=N–C) groups is 2. The molecule has 3 aliphatic heterocycles. The summed E-state index contributed by atoms with van der Waals surface area (Å²) in [5, 5.41) is 9.27. The first-order valence-electron chi connectivity index (χ1n) is 9.41. The minimum absolute atomic E-state index is 0.0389. The largest absolute Gasteiger partial charge is 0.356 e. The second-order valence-electron chi connectivity index (χ2n) is 7.27. The van der Waals surface area contributed by atoms with E-state index in [9.17, 15) is 9.18 Å². The van der Waals surface area contributed by atoms with Crippen LogP contribution in [0.1, 0.15) is 6.92 Å². The van der Waals surface area contributed by atoms with E-state index >= 15 is 0 Å². The number of anilines is 1. The number of hydrogen-bond acceptors (Lipinski definition) is 7. The molecule has 0 aliphatic carbocycles. The molecule has 0 aromatic heterocycles. The molecule has 3 heterocycles. The van der Waals surface area contributed by atoms with Crippen molar-refractivity contribution in [3.05, 3.63) is 30.1 Å². The Labute approximate surface area is 163 Å². The zero-order valence-electron chi connectivity index (χ0n) is 16.0. The van der Waals surface area contributed by atoms with Gasteiger partial charge in [-0.05, 0) is 31.2 Å². The van der Waals surface area contributed by atoms with Gasteiger partial charge in [-0.2, -0.15) is 5.10 Å². The summed E-state index contributed by atoms with van der Waals surface area (Å²) in [5.41, 5.74) is 1.61. The predicted octanol–water partition coefficient (Wildman–Crippen LogP) is 0.881. The molecule has 1 amide bonds. The average molecular weight is 385 g/mol. The van der Waals surface area contributed by atoms with Gasteiger partial charge in [-0.1, -0.05) is 0 Å². The third kappa shape index (κ3) is 3.75. The molecule has 0 saturated carbocycles. The Morgan fingerprint density at radius 2 is 1.93 bits per heavy atom. The van der Waals surface area contributed by atoms with Crippen molar-refractivity contribution in [3.8, 4) is 0 Å². The van der Waals surface area contributed by atoms with Gasteiger partial charge in [-0.25, -0.2) is 9.38 Å². The Kier molecular flexibility index (Phi) is 5.08. The number of nitrogens with zero attached hydrogens (tertiary/aromatic N) is 6. The van der Waals surface area contributed by atoms with Gasteiger partial charge in [0.15, 0.2) is 0 Å². The summed E-state index contributed by atoms with van der Waals surface area (Å²) in [6.07, 6.45) is 1.64. The van der Waals surface area contributed by atoms with Gasteiger partial charge in [0.25, 0.3) is 0 Å². The maximum atomic E-state index is 13.0. The monoisotopic (exact) mass is 385 g/mol. The minimum Gasteiger partial charge on any atom is -0.356 e. The molecule has 1 saturated heterocycles. The van der Waals surface area contributed by atoms with Crippen LogP contribution in [0, 0.1) is 5.82 Å². The fourth-order valence-corrected chi connectivity index (χ4v) is 3.88. The average Bonchev–Trinajstić information content (AvgIpc) is 2.98. The molecule has 28 heavy (non-hydrogen) atoms. The highest BCUT2D eigenvalue weighted by molar-refractivity contribution is 6.04. The maximum absolute atomic E-state index is 13.0. The summed E-state index contributed by atoms with van der Waals surface area (Å²) in [6.45, 7) is 5.45. The van der Waals surface area contributed by atoms with Gasteiger partial charge in [0.2, 0.25) is 5.91 Å². The van der Waals surface area contributed by atoms with Crippen molar-refractivity contribution in [3.63, 3.8) is 0 Å². The van der Waals surface area contributed by atoms with Gasteiger partial charge in [0.1, 0.15) is 30.1 Å². The molecule has 148 valence electrons. The molecular weight excluding hydrogens is 361 g/mol. The lowest BCUT2D eigenvalue weighted by Gasteiger charge is -2.40. The molecule has 0 spiro atoms. The fraction of sp³-hybridized carbons (Fsp3) is 0.474. The number of hydrogen-bond donors (Lipinski definition) is 1. The van der Waals surface area contributed by atoms with Gasteiger partial charge in [-0.3, -0.25) is 19.7 Å². The van der Waals surface area contributed by atoms with E-state index < -0.39 is 0 Å². The zero-order valence-corrected chi connectivity index (χ0v) is 16.0. The van der Waals surface area contributed by atoms with Crippen molar-refractivity contribution in [2.24, 2.45) is 15.1 Å². The molecule has 1 fully saturated rings. The molecule has 1 N–H and O–H groups in total. The van der Waals surface area contributed by atoms with E-state index in [0.29, 0.717) is 12.2 Å². The van der Waals surface area contributed by atoms with Gasteiger partial charge in [0.05, 0.1) is 12.3 Å². The van der Waals surface area contributed by atoms with Crippen molar-refractivity contribution >= 4 is 29.5 Å². The van der Waals surface area contributed by atoms with Gasteiger partial charge >= 0.3 is 0 Å². The molecule has 0 bridgehead atoms. The van der Waals surface area contributed by atoms with Gasteiger partial charge in [0, 0.05) is 38.9 Å². The SMILES string of the molecule is CC1=NN(C)C2C(N3CCN(CC(=O)Nc4ccc(F)cc4)CC3)=NC=NC12. The molecule has 4 rings (SSSR count). The lowest BCUT2D eigenvalue weighted by molar-refractivity contribution is -0.117. The van der Waals surface area contributed by atoms with E-state index in [2.05, 4.69) is 30.2 Å². The van der Waals surface area contributed by atoms with Crippen molar-refractivity contribution in [1.82, 2.24) is 14.8 Å². The van der Waals surface area contributed by atoms with Crippen molar-refractivity contribution in [2.45, 2.75) is 19.0 Å². The van der Waals surface area contributed by atoms with E-state index in [4.69, 9.17) is 0 Å². The first-order valence-corrected chi connectivity index (χ1v) is 9.41. The Morgan fingerprint density at radius 1 is 1.21 bits per heavy atom. The van der Waals surface area contributed by atoms with Crippen LogP contribution < -0.4 is 5.32 Å². The number of likely N-dealkylation sites (N-methyl/N-ethyl adjacent to an activating group) is 1. The highest BCUT2D eigenvalue weighted by Crippen LogP contribution is 2.23. The summed E-state index contributed by atoms with van der Waals surface area (Å²) in [7, 11) is 1.96. The number of hydrazone groups is 1. The predicted molar refractivity (Wildman–Crippen MR) is 107 cm³/mol. The van der Waals surface area contributed by atoms with Gasteiger partial charge in [-0.15, -0.1) is 0 Å². The summed E-state index contributed by atoms with van der Waals surface area (Å²) < 4.78 is 13.0. The number of halogens is 1. The molecular formula is C19H24FN7O. The summed E-state index contributed by atoms with van der Waals surface area (Å²) >= 11 is 0. The Morgan fingerprint density at radius 3 is 2.64 bits per heavy atom. The molecule has 2 atom stereocenters. The van der Waals surface area contributed by atoms with E-state index in [-0.39, 0.29) is 23.8 Å². The maximum Gasteiger partial charge on any atom is 0.238 e. The molecule has 1 aromatic carbocycles.